The van der Waals surface area contributed by atoms with Crippen molar-refractivity contribution in [2.75, 3.05) is 24.1 Å². The molecule has 1 aliphatic rings. The fraction of sp³-hybridized carbons (Fsp3) is 0.571. The quantitative estimate of drug-likeness (QED) is 0.751. The van der Waals surface area contributed by atoms with Gasteiger partial charge in [-0.25, -0.2) is 0 Å². The summed E-state index contributed by atoms with van der Waals surface area (Å²) >= 11 is 1.27. The minimum atomic E-state index is -0.212. The van der Waals surface area contributed by atoms with E-state index >= 15 is 0 Å². The molecule has 1 fully saturated rings. The highest BCUT2D eigenvalue weighted by Gasteiger charge is 2.40. The van der Waals surface area contributed by atoms with Crippen molar-refractivity contribution in [2.45, 2.75) is 33.1 Å². The van der Waals surface area contributed by atoms with Gasteiger partial charge in [-0.3, -0.25) is 4.79 Å². The van der Waals surface area contributed by atoms with E-state index < -0.39 is 0 Å². The maximum absolute atomic E-state index is 11.9. The minimum absolute atomic E-state index is 0.212. The molecule has 0 aromatic carbocycles. The second-order valence-electron chi connectivity index (χ2n) is 5.23. The maximum Gasteiger partial charge on any atom is 0.263 e. The molecular weight excluding hydrogens is 272 g/mol. The van der Waals surface area contributed by atoms with Crippen LogP contribution in [0.3, 0.4) is 0 Å². The first-order chi connectivity index (χ1) is 9.56. The molecule has 0 spiro atoms. The predicted octanol–water partition coefficient (Wildman–Crippen LogP) is 2.55. The van der Waals surface area contributed by atoms with Gasteiger partial charge in [0.15, 0.2) is 0 Å². The van der Waals surface area contributed by atoms with Gasteiger partial charge in [0.05, 0.1) is 5.69 Å². The Balaban J connectivity index is 2.18. The average molecular weight is 292 g/mol. The van der Waals surface area contributed by atoms with Crippen LogP contribution in [0.4, 0.5) is 10.7 Å². The van der Waals surface area contributed by atoms with E-state index in [0.29, 0.717) is 27.4 Å². The molecule has 108 valence electrons. The van der Waals surface area contributed by atoms with Gasteiger partial charge < -0.3 is 16.4 Å². The molecule has 2 rings (SSSR count). The molecule has 0 aliphatic heterocycles. The highest BCUT2D eigenvalue weighted by Crippen LogP contribution is 2.49. The van der Waals surface area contributed by atoms with Gasteiger partial charge in [-0.15, -0.1) is 11.3 Å². The van der Waals surface area contributed by atoms with Gasteiger partial charge in [0.25, 0.3) is 5.91 Å². The van der Waals surface area contributed by atoms with E-state index in [0.717, 1.165) is 13.0 Å². The third-order valence-electron chi connectivity index (χ3n) is 3.93. The number of hydrogen-bond donors (Lipinski definition) is 3. The average Bonchev–Trinajstić information content (AvgIpc) is 3.15. The number of nitrogens with two attached hydrogens (primary N) is 1. The number of carbonyl (C=O) groups is 1. The van der Waals surface area contributed by atoms with Crippen molar-refractivity contribution in [3.63, 3.8) is 0 Å². The summed E-state index contributed by atoms with van der Waals surface area (Å²) in [6.07, 6.45) is 3.58. The summed E-state index contributed by atoms with van der Waals surface area (Å²) in [5, 5.41) is 16.0. The molecular formula is C14H20N4OS. The molecule has 1 heterocycles. The molecule has 1 aliphatic carbocycles. The number of amides is 1. The largest absolute Gasteiger partial charge is 0.396 e. The first kappa shape index (κ1) is 14.7. The van der Waals surface area contributed by atoms with Crippen molar-refractivity contribution in [3.05, 3.63) is 10.4 Å². The summed E-state index contributed by atoms with van der Waals surface area (Å²) in [7, 11) is 0. The second kappa shape index (κ2) is 5.71. The topological polar surface area (TPSA) is 90.9 Å². The highest BCUT2D eigenvalue weighted by atomic mass is 32.1. The van der Waals surface area contributed by atoms with Crippen molar-refractivity contribution < 1.29 is 4.79 Å². The zero-order valence-corrected chi connectivity index (χ0v) is 12.7. The van der Waals surface area contributed by atoms with Crippen molar-refractivity contribution in [1.29, 1.82) is 5.26 Å². The van der Waals surface area contributed by atoms with E-state index in [1.807, 2.05) is 6.92 Å². The monoisotopic (exact) mass is 292 g/mol. The molecule has 1 aromatic heterocycles. The van der Waals surface area contributed by atoms with Crippen LogP contribution in [0.1, 0.15) is 48.3 Å². The van der Waals surface area contributed by atoms with E-state index in [4.69, 9.17) is 5.73 Å². The van der Waals surface area contributed by atoms with Crippen LogP contribution in [0.2, 0.25) is 0 Å². The zero-order valence-electron chi connectivity index (χ0n) is 11.9. The van der Waals surface area contributed by atoms with Crippen molar-refractivity contribution >= 4 is 27.9 Å². The van der Waals surface area contributed by atoms with Crippen LogP contribution in [-0.2, 0) is 0 Å². The standard InChI is InChI=1S/C14H20N4OS/c1-3-14(5-6-14)8-18-13-9(7-15)10(16)11(20-13)12(19)17-4-2/h18H,3-6,8,16H2,1-2H3,(H,17,19). The lowest BCUT2D eigenvalue weighted by Crippen LogP contribution is -2.22. The molecule has 0 atom stereocenters. The number of hydrogen-bond acceptors (Lipinski definition) is 5. The number of rotatable bonds is 6. The third-order valence-corrected chi connectivity index (χ3v) is 5.09. The molecule has 0 radical (unpaired) electrons. The number of nitrogens with one attached hydrogen (secondary N) is 2. The number of anilines is 2. The van der Waals surface area contributed by atoms with Crippen LogP contribution >= 0.6 is 11.3 Å². The van der Waals surface area contributed by atoms with E-state index in [2.05, 4.69) is 23.6 Å². The van der Waals surface area contributed by atoms with E-state index in [-0.39, 0.29) is 11.6 Å². The Morgan fingerprint density at radius 3 is 2.70 bits per heavy atom. The van der Waals surface area contributed by atoms with E-state index in [9.17, 15) is 10.1 Å². The third kappa shape index (κ3) is 2.73. The molecule has 1 saturated carbocycles. The normalized spacial score (nSPS) is 15.4. The molecule has 5 nitrogen and oxygen atoms in total. The Labute approximate surface area is 123 Å². The Hall–Kier alpha value is -1.74. The van der Waals surface area contributed by atoms with Crippen LogP contribution in [0.15, 0.2) is 0 Å². The molecule has 0 unspecified atom stereocenters. The number of nitrogens with zero attached hydrogens (tertiary/aromatic N) is 1. The van der Waals surface area contributed by atoms with Gasteiger partial charge in [0.2, 0.25) is 0 Å². The van der Waals surface area contributed by atoms with Crippen LogP contribution in [-0.4, -0.2) is 19.0 Å². The Kier molecular flexibility index (Phi) is 4.19. The Morgan fingerprint density at radius 1 is 1.50 bits per heavy atom. The van der Waals surface area contributed by atoms with Crippen molar-refractivity contribution in [3.8, 4) is 6.07 Å². The lowest BCUT2D eigenvalue weighted by molar-refractivity contribution is 0.0960. The molecule has 0 bridgehead atoms. The summed E-state index contributed by atoms with van der Waals surface area (Å²) in [5.74, 6) is -0.212. The van der Waals surface area contributed by atoms with Gasteiger partial charge in [-0.2, -0.15) is 5.26 Å². The lowest BCUT2D eigenvalue weighted by Gasteiger charge is -2.13. The van der Waals surface area contributed by atoms with Gasteiger partial charge in [-0.1, -0.05) is 6.92 Å². The van der Waals surface area contributed by atoms with Gasteiger partial charge in [-0.05, 0) is 31.6 Å². The lowest BCUT2D eigenvalue weighted by atomic mass is 10.0. The highest BCUT2D eigenvalue weighted by molar-refractivity contribution is 7.18. The van der Waals surface area contributed by atoms with Crippen LogP contribution in [0, 0.1) is 16.7 Å². The summed E-state index contributed by atoms with van der Waals surface area (Å²) in [6.45, 7) is 5.42. The predicted molar refractivity (Wildman–Crippen MR) is 81.9 cm³/mol. The number of nitrogen functional groups attached to an aromatic ring is 1. The van der Waals surface area contributed by atoms with E-state index in [1.165, 1.54) is 24.2 Å². The van der Waals surface area contributed by atoms with Crippen LogP contribution in [0.5, 0.6) is 0 Å². The van der Waals surface area contributed by atoms with Crippen molar-refractivity contribution in [1.82, 2.24) is 5.32 Å². The second-order valence-corrected chi connectivity index (χ2v) is 6.25. The summed E-state index contributed by atoms with van der Waals surface area (Å²) in [6, 6.07) is 2.10. The number of thiophene rings is 1. The number of carbonyl (C=O) groups excluding carboxylic acids is 1. The molecule has 1 amide bonds. The van der Waals surface area contributed by atoms with Crippen molar-refractivity contribution in [2.24, 2.45) is 5.41 Å². The van der Waals surface area contributed by atoms with E-state index in [1.54, 1.807) is 0 Å². The fourth-order valence-corrected chi connectivity index (χ4v) is 3.17. The SMILES string of the molecule is CCNC(=O)c1sc(NCC2(CC)CC2)c(C#N)c1N. The van der Waals surface area contributed by atoms with Crippen LogP contribution in [0.25, 0.3) is 0 Å². The smallest absolute Gasteiger partial charge is 0.263 e. The maximum atomic E-state index is 11.9. The van der Waals surface area contributed by atoms with Gasteiger partial charge >= 0.3 is 0 Å². The Morgan fingerprint density at radius 2 is 2.20 bits per heavy atom. The summed E-state index contributed by atoms with van der Waals surface area (Å²) in [5.41, 5.74) is 6.97. The first-order valence-electron chi connectivity index (χ1n) is 6.91. The molecule has 0 saturated heterocycles. The molecule has 6 heteroatoms. The number of nitriles is 1. The fourth-order valence-electron chi connectivity index (χ4n) is 2.19. The van der Waals surface area contributed by atoms with Gasteiger partial charge in [0.1, 0.15) is 21.5 Å². The Bertz CT molecular complexity index is 554. The summed E-state index contributed by atoms with van der Waals surface area (Å²) < 4.78 is 0. The zero-order chi connectivity index (χ0) is 14.8. The van der Waals surface area contributed by atoms with Gasteiger partial charge in [0, 0.05) is 13.1 Å². The molecule has 20 heavy (non-hydrogen) atoms. The first-order valence-corrected chi connectivity index (χ1v) is 7.73. The van der Waals surface area contributed by atoms with Crippen LogP contribution < -0.4 is 16.4 Å². The minimum Gasteiger partial charge on any atom is -0.396 e. The summed E-state index contributed by atoms with van der Waals surface area (Å²) in [4.78, 5) is 12.3. The molecule has 4 N–H and O–H groups in total. The molecule has 1 aromatic rings.